The van der Waals surface area contributed by atoms with Crippen LogP contribution < -0.4 is 11.1 Å². The first-order chi connectivity index (χ1) is 16.5. The van der Waals surface area contributed by atoms with Gasteiger partial charge in [-0.15, -0.1) is 16.4 Å². The third kappa shape index (κ3) is 6.17. The quantitative estimate of drug-likeness (QED) is 0.225. The minimum atomic E-state index is 0.0156. The van der Waals surface area contributed by atoms with E-state index in [-0.39, 0.29) is 10.8 Å². The van der Waals surface area contributed by atoms with E-state index in [2.05, 4.69) is 80.2 Å². The minimum Gasteiger partial charge on any atom is -0.403 e. The van der Waals surface area contributed by atoms with Gasteiger partial charge in [-0.1, -0.05) is 70.9 Å². The highest BCUT2D eigenvalue weighted by Gasteiger charge is 2.22. The molecule has 3 N–H and O–H groups in total. The van der Waals surface area contributed by atoms with E-state index in [0.29, 0.717) is 24.3 Å². The monoisotopic (exact) mass is 487 g/mol. The van der Waals surface area contributed by atoms with Crippen LogP contribution >= 0.6 is 11.3 Å². The Bertz CT molecular complexity index is 1270. The molecule has 0 spiro atoms. The van der Waals surface area contributed by atoms with Crippen LogP contribution in [0.15, 0.2) is 69.4 Å². The molecule has 0 unspecified atom stereocenters. The van der Waals surface area contributed by atoms with Crippen molar-refractivity contribution in [1.82, 2.24) is 10.2 Å². The summed E-state index contributed by atoms with van der Waals surface area (Å²) in [5.41, 5.74) is 11.4. The normalized spacial score (nSPS) is 12.7. The van der Waals surface area contributed by atoms with Gasteiger partial charge in [-0.25, -0.2) is 4.99 Å². The number of rotatable bonds is 6. The number of aromatic nitrogens is 2. The number of thiophene rings is 1. The van der Waals surface area contributed by atoms with Crippen molar-refractivity contribution in [3.63, 3.8) is 0 Å². The number of anilines is 1. The molecule has 0 saturated heterocycles. The van der Waals surface area contributed by atoms with Gasteiger partial charge < -0.3 is 15.5 Å². The molecule has 4 aromatic rings. The van der Waals surface area contributed by atoms with Crippen LogP contribution in [-0.2, 0) is 17.4 Å². The van der Waals surface area contributed by atoms with Crippen LogP contribution in [0.3, 0.4) is 0 Å². The summed E-state index contributed by atoms with van der Waals surface area (Å²) >= 11 is 1.57. The van der Waals surface area contributed by atoms with Gasteiger partial charge >= 0.3 is 6.01 Å². The van der Waals surface area contributed by atoms with E-state index in [1.165, 1.54) is 11.1 Å². The largest absolute Gasteiger partial charge is 0.403 e. The fourth-order valence-electron chi connectivity index (χ4n) is 3.51. The second-order valence-electron chi connectivity index (χ2n) is 10.7. The van der Waals surface area contributed by atoms with E-state index in [1.807, 2.05) is 41.8 Å². The zero-order valence-electron chi connectivity index (χ0n) is 21.2. The molecule has 35 heavy (non-hydrogen) atoms. The van der Waals surface area contributed by atoms with Gasteiger partial charge in [-0.2, -0.15) is 0 Å². The molecule has 4 rings (SSSR count). The number of benzene rings is 2. The Hall–Kier alpha value is -3.45. The lowest BCUT2D eigenvalue weighted by Crippen LogP contribution is -2.16. The molecule has 0 bridgehead atoms. The Labute approximate surface area is 211 Å². The third-order valence-electron chi connectivity index (χ3n) is 5.74. The van der Waals surface area contributed by atoms with Crippen molar-refractivity contribution >= 4 is 28.9 Å². The highest BCUT2D eigenvalue weighted by molar-refractivity contribution is 7.12. The molecule has 7 heteroatoms. The van der Waals surface area contributed by atoms with Crippen molar-refractivity contribution < 1.29 is 4.42 Å². The summed E-state index contributed by atoms with van der Waals surface area (Å²) in [7, 11) is 0. The predicted molar refractivity (Wildman–Crippen MR) is 146 cm³/mol. The van der Waals surface area contributed by atoms with Gasteiger partial charge in [0.1, 0.15) is 5.84 Å². The fraction of sp³-hybridized carbons (Fsp3) is 0.321. The first-order valence-electron chi connectivity index (χ1n) is 11.7. The molecule has 0 fully saturated rings. The van der Waals surface area contributed by atoms with E-state index >= 15 is 0 Å². The number of nitrogens with two attached hydrogens (primary N) is 1. The molecular weight excluding hydrogens is 454 g/mol. The average Bonchev–Trinajstić information content (AvgIpc) is 3.50. The maximum absolute atomic E-state index is 6.08. The summed E-state index contributed by atoms with van der Waals surface area (Å²) in [5.74, 6) is 1.03. The summed E-state index contributed by atoms with van der Waals surface area (Å²) in [6.45, 7) is 13.8. The molecule has 0 amide bonds. The Kier molecular flexibility index (Phi) is 6.81. The van der Waals surface area contributed by atoms with Gasteiger partial charge in [-0.3, -0.25) is 0 Å². The number of aliphatic imine (C=N–C) groups is 1. The zero-order valence-corrected chi connectivity index (χ0v) is 22.0. The van der Waals surface area contributed by atoms with E-state index in [4.69, 9.17) is 10.2 Å². The van der Waals surface area contributed by atoms with Gasteiger partial charge in [-0.05, 0) is 63.2 Å². The molecule has 0 aliphatic heterocycles. The maximum Gasteiger partial charge on any atom is 0.316 e. The molecule has 0 saturated carbocycles. The second-order valence-corrected chi connectivity index (χ2v) is 11.7. The molecule has 2 aromatic carbocycles. The number of hydrogen-bond donors (Lipinski definition) is 2. The summed E-state index contributed by atoms with van der Waals surface area (Å²) < 4.78 is 5.97. The summed E-state index contributed by atoms with van der Waals surface area (Å²) in [6, 6.07) is 18.8. The maximum atomic E-state index is 6.08. The van der Waals surface area contributed by atoms with Crippen LogP contribution in [0.25, 0.3) is 11.5 Å². The number of nitrogens with zero attached hydrogens (tertiary/aromatic N) is 3. The molecule has 6 nitrogen and oxygen atoms in total. The number of amidine groups is 1. The first kappa shape index (κ1) is 24.7. The van der Waals surface area contributed by atoms with Gasteiger partial charge in [0.2, 0.25) is 5.89 Å². The summed E-state index contributed by atoms with van der Waals surface area (Å²) in [6.07, 6.45) is 0. The van der Waals surface area contributed by atoms with Crippen LogP contribution in [0.5, 0.6) is 0 Å². The predicted octanol–water partition coefficient (Wildman–Crippen LogP) is 7.04. The van der Waals surface area contributed by atoms with Crippen molar-refractivity contribution in [2.45, 2.75) is 58.9 Å². The van der Waals surface area contributed by atoms with Gasteiger partial charge in [0.05, 0.1) is 10.6 Å². The van der Waals surface area contributed by atoms with Crippen LogP contribution in [0, 0.1) is 0 Å². The molecule has 2 heterocycles. The average molecular weight is 488 g/mol. The molecule has 0 aliphatic carbocycles. The first-order valence-corrected chi connectivity index (χ1v) is 12.6. The summed E-state index contributed by atoms with van der Waals surface area (Å²) in [5, 5.41) is 13.7. The lowest BCUT2D eigenvalue weighted by Gasteiger charge is -2.25. The van der Waals surface area contributed by atoms with Crippen LogP contribution in [-0.4, -0.2) is 16.0 Å². The van der Waals surface area contributed by atoms with Crippen LogP contribution in [0.1, 0.15) is 63.1 Å². The third-order valence-corrected chi connectivity index (χ3v) is 6.63. The van der Waals surface area contributed by atoms with Crippen LogP contribution in [0.4, 0.5) is 11.7 Å². The minimum absolute atomic E-state index is 0.0156. The molecule has 0 aliphatic rings. The van der Waals surface area contributed by atoms with Crippen molar-refractivity contribution in [3.8, 4) is 11.5 Å². The van der Waals surface area contributed by atoms with Crippen molar-refractivity contribution in [2.75, 3.05) is 5.32 Å². The molecule has 0 atom stereocenters. The number of nitrogens with one attached hydrogen (secondary N) is 1. The van der Waals surface area contributed by atoms with Crippen LogP contribution in [0.2, 0.25) is 0 Å². The Morgan fingerprint density at radius 3 is 2.17 bits per heavy atom. The Morgan fingerprint density at radius 1 is 0.943 bits per heavy atom. The fourth-order valence-corrected chi connectivity index (χ4v) is 4.14. The number of hydrogen-bond acceptors (Lipinski definition) is 6. The van der Waals surface area contributed by atoms with Gasteiger partial charge in [0, 0.05) is 12.1 Å². The lowest BCUT2D eigenvalue weighted by atomic mass is 9.79. The van der Waals surface area contributed by atoms with E-state index in [9.17, 15) is 0 Å². The molecule has 2 aromatic heterocycles. The molecular formula is C28H33N5OS. The van der Waals surface area contributed by atoms with Crippen molar-refractivity contribution in [3.05, 3.63) is 81.5 Å². The zero-order chi connectivity index (χ0) is 25.2. The van der Waals surface area contributed by atoms with E-state index in [0.717, 1.165) is 21.7 Å². The molecule has 0 radical (unpaired) electrons. The molecule has 182 valence electrons. The van der Waals surface area contributed by atoms with E-state index in [1.54, 1.807) is 11.3 Å². The van der Waals surface area contributed by atoms with E-state index < -0.39 is 0 Å². The highest BCUT2D eigenvalue weighted by atomic mass is 32.1. The SMILES string of the molecule is CC(C)(C)c1cc(-c2nnc(NCc3ccc(N=C(N)c4cccs4)cc3)o2)cc(C(C)(C)C)c1. The Balaban J connectivity index is 1.47. The van der Waals surface area contributed by atoms with Crippen molar-refractivity contribution in [2.24, 2.45) is 10.7 Å². The van der Waals surface area contributed by atoms with Crippen molar-refractivity contribution in [1.29, 1.82) is 0 Å². The summed E-state index contributed by atoms with van der Waals surface area (Å²) in [4.78, 5) is 5.45. The van der Waals surface area contributed by atoms with Gasteiger partial charge in [0.25, 0.3) is 0 Å². The standard InChI is InChI=1S/C28H33N5OS/c1-27(2,3)20-14-19(15-21(16-20)28(4,5)6)25-32-33-26(34-25)30-17-18-9-11-22(12-10-18)31-24(29)23-8-7-13-35-23/h7-16H,17H2,1-6H3,(H2,29,31)(H,30,33). The topological polar surface area (TPSA) is 89.3 Å². The van der Waals surface area contributed by atoms with Gasteiger partial charge in [0.15, 0.2) is 0 Å². The highest BCUT2D eigenvalue weighted by Crippen LogP contribution is 2.34. The Morgan fingerprint density at radius 2 is 1.60 bits per heavy atom. The second kappa shape index (κ2) is 9.66. The smallest absolute Gasteiger partial charge is 0.316 e. The lowest BCUT2D eigenvalue weighted by molar-refractivity contribution is 0.564.